The van der Waals surface area contributed by atoms with Crippen molar-refractivity contribution in [3.63, 3.8) is 0 Å². The van der Waals surface area contributed by atoms with Gasteiger partial charge in [-0.1, -0.05) is 128 Å². The van der Waals surface area contributed by atoms with E-state index in [0.29, 0.717) is 10.9 Å². The second-order valence-corrected chi connectivity index (χ2v) is 10.2. The average Bonchev–Trinajstić information content (AvgIpc) is 2.86. The lowest BCUT2D eigenvalue weighted by Gasteiger charge is -2.44. The zero-order valence-electron chi connectivity index (χ0n) is 19.4. The molecule has 4 aromatic rings. The van der Waals surface area contributed by atoms with Gasteiger partial charge in [-0.05, 0) is 12.5 Å². The fraction of sp³-hybridized carbons (Fsp3) is 0.133. The fourth-order valence-electron chi connectivity index (χ4n) is 4.41. The molecular weight excluding hydrogens is 403 g/mol. The van der Waals surface area contributed by atoms with Gasteiger partial charge < -0.3 is 0 Å². The predicted molar refractivity (Wildman–Crippen MR) is 149 cm³/mol. The molecule has 0 heterocycles. The highest BCUT2D eigenvalue weighted by molar-refractivity contribution is 7.98. The molecule has 0 nitrogen and oxygen atoms in total. The molecule has 0 saturated carbocycles. The van der Waals surface area contributed by atoms with E-state index in [4.69, 9.17) is 0 Å². The summed E-state index contributed by atoms with van der Waals surface area (Å²) in [6.45, 7) is 2.16. The minimum Gasteiger partial charge on any atom is -0.195 e. The number of hydrogen-bond donors (Lipinski definition) is 0. The Labute approximate surface area is 197 Å². The molecule has 0 aliphatic carbocycles. The van der Waals surface area contributed by atoms with Crippen molar-refractivity contribution >= 4 is 38.9 Å². The summed E-state index contributed by atoms with van der Waals surface area (Å²) in [6.07, 6.45) is 6.60. The van der Waals surface area contributed by atoms with Crippen molar-refractivity contribution in [1.82, 2.24) is 0 Å². The Morgan fingerprint density at radius 3 is 1.00 bits per heavy atom. The lowest BCUT2D eigenvalue weighted by atomic mass is 9.13. The third-order valence-corrected chi connectivity index (χ3v) is 6.54. The van der Waals surface area contributed by atoms with Crippen LogP contribution in [0.25, 0.3) is 0 Å². The molecule has 0 N–H and O–H groups in total. The first-order valence-corrected chi connectivity index (χ1v) is 13.4. The fourth-order valence-corrected chi connectivity index (χ4v) is 4.99. The zero-order valence-corrected chi connectivity index (χ0v) is 20.2. The van der Waals surface area contributed by atoms with Crippen LogP contribution in [0.4, 0.5) is 0 Å². The summed E-state index contributed by atoms with van der Waals surface area (Å²) < 4.78 is 0. The van der Waals surface area contributed by atoms with Crippen molar-refractivity contribution in [1.29, 1.82) is 0 Å². The Morgan fingerprint density at radius 2 is 0.812 bits per heavy atom. The minimum absolute atomic E-state index is 0.504. The summed E-state index contributed by atoms with van der Waals surface area (Å²) >= 11 is 0. The van der Waals surface area contributed by atoms with E-state index >= 15 is 0 Å². The molecule has 0 aliphatic heterocycles. The van der Waals surface area contributed by atoms with Crippen LogP contribution >= 0.6 is 0 Å². The molecule has 0 aliphatic rings. The predicted octanol–water partition coefficient (Wildman–Crippen LogP) is 4.85. The van der Waals surface area contributed by atoms with Crippen molar-refractivity contribution in [2.24, 2.45) is 0 Å². The molecule has 4 aromatic carbocycles. The summed E-state index contributed by atoms with van der Waals surface area (Å²) in [5.41, 5.74) is 5.36. The second-order valence-electron chi connectivity index (χ2n) is 8.17. The molecule has 0 saturated heterocycles. The molecule has 0 atom stereocenters. The van der Waals surface area contributed by atoms with Crippen LogP contribution in [-0.4, -0.2) is 18.7 Å². The van der Waals surface area contributed by atoms with Gasteiger partial charge in [-0.25, -0.2) is 0 Å². The van der Waals surface area contributed by atoms with Crippen LogP contribution in [0.1, 0.15) is 13.3 Å². The molecular formula is C30H33BS. The summed E-state index contributed by atoms with van der Waals surface area (Å²) in [7, 11) is 0.504. The SMILES string of the molecule is CC/C=C/[S+](C)C.c1ccc([B-](c2ccccc2)(c2ccccc2)c2ccccc2)cc1. The van der Waals surface area contributed by atoms with Gasteiger partial charge in [-0.2, -0.15) is 21.9 Å². The molecule has 0 radical (unpaired) electrons. The van der Waals surface area contributed by atoms with Crippen LogP contribution in [0.3, 0.4) is 0 Å². The second kappa shape index (κ2) is 12.2. The molecule has 32 heavy (non-hydrogen) atoms. The quantitative estimate of drug-likeness (QED) is 0.299. The summed E-state index contributed by atoms with van der Waals surface area (Å²) in [6, 6.07) is 43.5. The number of allylic oxidation sites excluding steroid dienone is 1. The van der Waals surface area contributed by atoms with E-state index in [-0.39, 0.29) is 0 Å². The molecule has 0 fully saturated rings. The van der Waals surface area contributed by atoms with Crippen molar-refractivity contribution in [2.45, 2.75) is 13.3 Å². The highest BCUT2D eigenvalue weighted by Crippen LogP contribution is 2.09. The molecule has 0 aromatic heterocycles. The van der Waals surface area contributed by atoms with Gasteiger partial charge >= 0.3 is 0 Å². The Bertz CT molecular complexity index is 895. The standard InChI is InChI=1S/C24H20B.C6H13S/c1-5-13-21(14-6-1)25(22-15-7-2-8-16-22,23-17-9-3-10-18-23)24-19-11-4-12-20-24;1-4-5-6-7(2)3/h1-20H;5-6H,4H2,1-3H3/q-1;+1/b;6-5+. The molecule has 0 spiro atoms. The Kier molecular flexibility index (Phi) is 9.01. The van der Waals surface area contributed by atoms with E-state index in [1.165, 1.54) is 28.3 Å². The smallest absolute Gasteiger partial charge is 0.114 e. The first-order valence-electron chi connectivity index (χ1n) is 11.3. The largest absolute Gasteiger partial charge is 0.195 e. The maximum atomic E-state index is 2.26. The Balaban J connectivity index is 0.000000360. The van der Waals surface area contributed by atoms with Crippen molar-refractivity contribution in [3.05, 3.63) is 133 Å². The first-order chi connectivity index (χ1) is 15.7. The van der Waals surface area contributed by atoms with Gasteiger partial charge in [0.1, 0.15) is 24.1 Å². The van der Waals surface area contributed by atoms with E-state index < -0.39 is 6.15 Å². The molecule has 0 amide bonds. The van der Waals surface area contributed by atoms with Crippen LogP contribution in [0.5, 0.6) is 0 Å². The van der Waals surface area contributed by atoms with Gasteiger partial charge in [0.2, 0.25) is 0 Å². The maximum absolute atomic E-state index is 2.26. The summed E-state index contributed by atoms with van der Waals surface area (Å²) in [4.78, 5) is 0. The number of rotatable bonds is 6. The van der Waals surface area contributed by atoms with Gasteiger partial charge in [0, 0.05) is 10.9 Å². The molecule has 162 valence electrons. The number of benzene rings is 4. The molecule has 2 heteroatoms. The van der Waals surface area contributed by atoms with E-state index in [0.717, 1.165) is 0 Å². The van der Waals surface area contributed by atoms with Crippen LogP contribution in [-0.2, 0) is 10.9 Å². The van der Waals surface area contributed by atoms with Gasteiger partial charge in [-0.3, -0.25) is 0 Å². The minimum atomic E-state index is -1.22. The topological polar surface area (TPSA) is 0 Å². The van der Waals surface area contributed by atoms with Crippen LogP contribution in [0, 0.1) is 0 Å². The molecule has 4 rings (SSSR count). The van der Waals surface area contributed by atoms with Crippen molar-refractivity contribution in [3.8, 4) is 0 Å². The van der Waals surface area contributed by atoms with Gasteiger partial charge in [-0.15, -0.1) is 0 Å². The van der Waals surface area contributed by atoms with E-state index in [1.54, 1.807) is 0 Å². The number of hydrogen-bond acceptors (Lipinski definition) is 0. The Morgan fingerprint density at radius 1 is 0.531 bits per heavy atom. The first kappa shape index (κ1) is 23.7. The third kappa shape index (κ3) is 5.63. The van der Waals surface area contributed by atoms with Gasteiger partial charge in [0.25, 0.3) is 0 Å². The lowest BCUT2D eigenvalue weighted by molar-refractivity contribution is 1.23. The molecule has 0 unspecified atom stereocenters. The zero-order chi connectivity index (χ0) is 22.7. The van der Waals surface area contributed by atoms with Crippen LogP contribution in [0.15, 0.2) is 133 Å². The summed E-state index contributed by atoms with van der Waals surface area (Å²) in [5.74, 6) is 0. The van der Waals surface area contributed by atoms with Crippen LogP contribution < -0.4 is 21.9 Å². The van der Waals surface area contributed by atoms with E-state index in [9.17, 15) is 0 Å². The highest BCUT2D eigenvalue weighted by Gasteiger charge is 2.30. The highest BCUT2D eigenvalue weighted by atomic mass is 32.2. The van der Waals surface area contributed by atoms with Crippen LogP contribution in [0.2, 0.25) is 0 Å². The van der Waals surface area contributed by atoms with Crippen molar-refractivity contribution < 1.29 is 0 Å². The maximum Gasteiger partial charge on any atom is 0.114 e. The van der Waals surface area contributed by atoms with Gasteiger partial charge in [0.05, 0.1) is 0 Å². The normalized spacial score (nSPS) is 11.2. The average molecular weight is 436 g/mol. The monoisotopic (exact) mass is 436 g/mol. The van der Waals surface area contributed by atoms with Gasteiger partial charge in [0.15, 0.2) is 0 Å². The molecule has 0 bridgehead atoms. The third-order valence-electron chi connectivity index (χ3n) is 5.80. The summed E-state index contributed by atoms with van der Waals surface area (Å²) in [5, 5.41) is 2.25. The van der Waals surface area contributed by atoms with E-state index in [1.807, 2.05) is 0 Å². The lowest BCUT2D eigenvalue weighted by Crippen LogP contribution is -2.74. The van der Waals surface area contributed by atoms with E-state index in [2.05, 4.69) is 152 Å². The van der Waals surface area contributed by atoms with Crippen molar-refractivity contribution in [2.75, 3.05) is 12.5 Å². The Hall–Kier alpha value is -2.97.